The van der Waals surface area contributed by atoms with Gasteiger partial charge in [0.1, 0.15) is 0 Å². The van der Waals surface area contributed by atoms with Gasteiger partial charge in [0.25, 0.3) is 0 Å². The van der Waals surface area contributed by atoms with Crippen molar-refractivity contribution in [2.75, 3.05) is 31.4 Å². The van der Waals surface area contributed by atoms with Crippen LogP contribution in [0.5, 0.6) is 0 Å². The Balaban J connectivity index is 0.000000617. The smallest absolute Gasteiger partial charge is 0.0717 e. The number of nitrogens with one attached hydrogen (secondary N) is 1. The van der Waals surface area contributed by atoms with E-state index in [1.54, 1.807) is 11.8 Å². The van der Waals surface area contributed by atoms with E-state index in [4.69, 9.17) is 16.6 Å². The fraction of sp³-hybridized carbons (Fsp3) is 0.429. The van der Waals surface area contributed by atoms with E-state index in [0.717, 1.165) is 37.7 Å². The number of aliphatic hydroxyl groups is 1. The lowest BCUT2D eigenvalue weighted by molar-refractivity contribution is 0.399. The van der Waals surface area contributed by atoms with Gasteiger partial charge in [-0.25, -0.2) is 0 Å². The van der Waals surface area contributed by atoms with E-state index in [9.17, 15) is 0 Å². The molecule has 0 radical (unpaired) electrons. The topological polar surface area (TPSA) is 84.3 Å². The maximum absolute atomic E-state index is 7.00. The van der Waals surface area contributed by atoms with Crippen LogP contribution >= 0.6 is 11.8 Å². The molecule has 184 valence electrons. The monoisotopic (exact) mass is 471 g/mol. The first-order valence-electron chi connectivity index (χ1n) is 11.7. The summed E-state index contributed by atoms with van der Waals surface area (Å²) >= 11 is 1.75. The van der Waals surface area contributed by atoms with Crippen molar-refractivity contribution in [3.63, 3.8) is 0 Å². The normalized spacial score (nSPS) is 11.9. The SMILES string of the molecule is CC.CCc1cc(CC2=C(SC)NCC=C2)cc(N)c1N.CO.Cc1ccc(C(C)C)cc1. The first-order chi connectivity index (χ1) is 15.8. The van der Waals surface area contributed by atoms with Crippen LogP contribution in [0.3, 0.4) is 0 Å². The summed E-state index contributed by atoms with van der Waals surface area (Å²) in [6, 6.07) is 12.9. The molecule has 0 bridgehead atoms. The average Bonchev–Trinajstić information content (AvgIpc) is 2.85. The molecule has 0 aromatic heterocycles. The average molecular weight is 472 g/mol. The second-order valence-electron chi connectivity index (χ2n) is 7.70. The molecule has 0 saturated heterocycles. The number of nitrogen functional groups attached to an aromatic ring is 2. The van der Waals surface area contributed by atoms with Crippen molar-refractivity contribution in [1.82, 2.24) is 5.32 Å². The number of aliphatic hydroxyl groups excluding tert-OH is 1. The number of allylic oxidation sites excluding steroid dienone is 2. The highest BCUT2D eigenvalue weighted by molar-refractivity contribution is 8.02. The summed E-state index contributed by atoms with van der Waals surface area (Å²) in [7, 11) is 1.00. The molecule has 0 atom stereocenters. The third kappa shape index (κ3) is 10.4. The predicted molar refractivity (Wildman–Crippen MR) is 151 cm³/mol. The maximum atomic E-state index is 7.00. The number of rotatable bonds is 5. The highest BCUT2D eigenvalue weighted by atomic mass is 32.2. The fourth-order valence-electron chi connectivity index (χ4n) is 3.26. The van der Waals surface area contributed by atoms with Gasteiger partial charge in [-0.05, 0) is 53.8 Å². The first-order valence-corrected chi connectivity index (χ1v) is 12.9. The van der Waals surface area contributed by atoms with Gasteiger partial charge in [0.2, 0.25) is 0 Å². The van der Waals surface area contributed by atoms with E-state index in [1.807, 2.05) is 19.9 Å². The molecule has 0 unspecified atom stereocenters. The van der Waals surface area contributed by atoms with Gasteiger partial charge in [-0.3, -0.25) is 0 Å². The molecule has 0 spiro atoms. The molecule has 4 nitrogen and oxygen atoms in total. The fourth-order valence-corrected chi connectivity index (χ4v) is 3.89. The van der Waals surface area contributed by atoms with Crippen molar-refractivity contribution >= 4 is 23.1 Å². The molecule has 33 heavy (non-hydrogen) atoms. The molecule has 1 aliphatic rings. The quantitative estimate of drug-likeness (QED) is 0.377. The van der Waals surface area contributed by atoms with E-state index >= 15 is 0 Å². The van der Waals surface area contributed by atoms with Gasteiger partial charge in [0.15, 0.2) is 0 Å². The van der Waals surface area contributed by atoms with Gasteiger partial charge in [-0.2, -0.15) is 0 Å². The molecule has 5 heteroatoms. The van der Waals surface area contributed by atoms with Crippen LogP contribution < -0.4 is 16.8 Å². The molecule has 1 heterocycles. The Morgan fingerprint density at radius 1 is 1.06 bits per heavy atom. The molecular weight excluding hydrogens is 426 g/mol. The van der Waals surface area contributed by atoms with Gasteiger partial charge in [0, 0.05) is 20.1 Å². The summed E-state index contributed by atoms with van der Waals surface area (Å²) in [5, 5.41) is 11.6. The molecule has 2 aromatic rings. The van der Waals surface area contributed by atoms with Crippen LogP contribution in [-0.4, -0.2) is 25.0 Å². The summed E-state index contributed by atoms with van der Waals surface area (Å²) in [5.74, 6) is 0.653. The molecule has 0 saturated carbocycles. The van der Waals surface area contributed by atoms with Crippen LogP contribution in [0.15, 0.2) is 59.2 Å². The molecule has 1 aliphatic heterocycles. The van der Waals surface area contributed by atoms with Gasteiger partial charge >= 0.3 is 0 Å². The lowest BCUT2D eigenvalue weighted by atomic mass is 9.99. The zero-order valence-electron chi connectivity index (χ0n) is 21.8. The predicted octanol–water partition coefficient (Wildman–Crippen LogP) is 6.44. The Bertz CT molecular complexity index is 871. The minimum atomic E-state index is 0.653. The number of hydrogen-bond acceptors (Lipinski definition) is 5. The molecule has 0 amide bonds. The molecule has 6 N–H and O–H groups in total. The third-order valence-electron chi connectivity index (χ3n) is 5.07. The van der Waals surface area contributed by atoms with Crippen molar-refractivity contribution in [2.24, 2.45) is 0 Å². The van der Waals surface area contributed by atoms with Crippen LogP contribution in [0.25, 0.3) is 0 Å². The zero-order valence-corrected chi connectivity index (χ0v) is 22.6. The summed E-state index contributed by atoms with van der Waals surface area (Å²) < 4.78 is 0. The Labute approximate surface area is 206 Å². The van der Waals surface area contributed by atoms with Gasteiger partial charge in [-0.1, -0.05) is 82.7 Å². The number of thioether (sulfide) groups is 1. The van der Waals surface area contributed by atoms with Gasteiger partial charge < -0.3 is 21.9 Å². The van der Waals surface area contributed by atoms with Crippen molar-refractivity contribution in [2.45, 2.75) is 60.3 Å². The van der Waals surface area contributed by atoms with Crippen molar-refractivity contribution in [3.05, 3.63) is 81.4 Å². The van der Waals surface area contributed by atoms with Gasteiger partial charge in [-0.15, -0.1) is 11.8 Å². The van der Waals surface area contributed by atoms with E-state index in [-0.39, 0.29) is 0 Å². The maximum Gasteiger partial charge on any atom is 0.0717 e. The van der Waals surface area contributed by atoms with E-state index in [1.165, 1.54) is 27.3 Å². The lowest BCUT2D eigenvalue weighted by Gasteiger charge is -2.17. The number of anilines is 2. The number of dihydropyridines is 1. The number of benzene rings is 2. The van der Waals surface area contributed by atoms with Crippen LogP contribution in [0.2, 0.25) is 0 Å². The molecule has 3 rings (SSSR count). The van der Waals surface area contributed by atoms with E-state index < -0.39 is 0 Å². The van der Waals surface area contributed by atoms with Crippen LogP contribution in [-0.2, 0) is 12.8 Å². The minimum absolute atomic E-state index is 0.653. The van der Waals surface area contributed by atoms with Crippen molar-refractivity contribution in [3.8, 4) is 0 Å². The Morgan fingerprint density at radius 3 is 2.18 bits per heavy atom. The number of hydrogen-bond donors (Lipinski definition) is 4. The lowest BCUT2D eigenvalue weighted by Crippen LogP contribution is -2.17. The largest absolute Gasteiger partial charge is 0.400 e. The molecule has 2 aromatic carbocycles. The van der Waals surface area contributed by atoms with Crippen LogP contribution in [0, 0.1) is 6.92 Å². The second-order valence-corrected chi connectivity index (χ2v) is 8.51. The summed E-state index contributed by atoms with van der Waals surface area (Å²) in [4.78, 5) is 0. The van der Waals surface area contributed by atoms with Crippen molar-refractivity contribution in [1.29, 1.82) is 0 Å². The Hall–Kier alpha value is -2.37. The standard InChI is InChI=1S/C15H21N3S.C10H14.C2H6.CH4O/c1-3-11-7-10(9-13(16)14(11)17)8-12-5-4-6-18-15(12)19-2;1-8(2)10-6-4-9(3)5-7-10;2*1-2/h4-5,7,9,18H,3,6,8,16-17H2,1-2H3;4-8H,1-3H3;1-2H3;2H,1H3. The third-order valence-corrected chi connectivity index (χ3v) is 5.89. The first kappa shape index (κ1) is 30.6. The Morgan fingerprint density at radius 2 is 1.67 bits per heavy atom. The summed E-state index contributed by atoms with van der Waals surface area (Å²) in [6.07, 6.45) is 8.23. The highest BCUT2D eigenvalue weighted by Gasteiger charge is 2.10. The van der Waals surface area contributed by atoms with E-state index in [0.29, 0.717) is 11.6 Å². The number of nitrogens with two attached hydrogens (primary N) is 2. The Kier molecular flexibility index (Phi) is 15.9. The highest BCUT2D eigenvalue weighted by Crippen LogP contribution is 2.27. The van der Waals surface area contributed by atoms with E-state index in [2.05, 4.69) is 81.8 Å². The minimum Gasteiger partial charge on any atom is -0.400 e. The van der Waals surface area contributed by atoms with Crippen LogP contribution in [0.1, 0.15) is 62.8 Å². The second kappa shape index (κ2) is 17.2. The van der Waals surface area contributed by atoms with Gasteiger partial charge in [0.05, 0.1) is 16.4 Å². The molecular formula is C28H45N3OS. The zero-order chi connectivity index (χ0) is 25.4. The molecule has 0 aliphatic carbocycles. The van der Waals surface area contributed by atoms with Crippen LogP contribution in [0.4, 0.5) is 11.4 Å². The van der Waals surface area contributed by atoms with Crippen molar-refractivity contribution < 1.29 is 5.11 Å². The summed E-state index contributed by atoms with van der Waals surface area (Å²) in [6.45, 7) is 13.5. The number of aryl methyl sites for hydroxylation is 2. The summed E-state index contributed by atoms with van der Waals surface area (Å²) in [5.41, 5.74) is 19.8. The molecule has 0 fully saturated rings.